The van der Waals surface area contributed by atoms with Crippen LogP contribution in [0.25, 0.3) is 22.7 Å². The maximum absolute atomic E-state index is 12.6. The van der Waals surface area contributed by atoms with Gasteiger partial charge in [0.2, 0.25) is 5.89 Å². The molecule has 29 heavy (non-hydrogen) atoms. The molecule has 0 saturated carbocycles. The Morgan fingerprint density at radius 2 is 1.90 bits per heavy atom. The van der Waals surface area contributed by atoms with Gasteiger partial charge in [0, 0.05) is 24.0 Å². The molecule has 144 valence electrons. The van der Waals surface area contributed by atoms with E-state index in [4.69, 9.17) is 27.6 Å². The number of nitrogens with one attached hydrogen (secondary N) is 1. The van der Waals surface area contributed by atoms with E-state index in [0.29, 0.717) is 27.5 Å². The zero-order valence-corrected chi connectivity index (χ0v) is 15.9. The molecule has 8 nitrogen and oxygen atoms in total. The Labute approximate surface area is 173 Å². The lowest BCUT2D eigenvalue weighted by atomic mass is 10.1. The Balaban J connectivity index is 1.67. The van der Waals surface area contributed by atoms with Gasteiger partial charge in [0.15, 0.2) is 11.2 Å². The van der Waals surface area contributed by atoms with Gasteiger partial charge in [-0.05, 0) is 36.4 Å². The smallest absolute Gasteiger partial charge is 0.270 e. The first-order valence-electron chi connectivity index (χ1n) is 8.19. The van der Waals surface area contributed by atoms with E-state index in [0.717, 1.165) is 6.07 Å². The molecule has 0 aliphatic rings. The molecular weight excluding hydrogens is 419 g/mol. The minimum absolute atomic E-state index is 0.0246. The molecular formula is C19H10Cl2N4O4. The number of aromatic nitrogens is 2. The summed E-state index contributed by atoms with van der Waals surface area (Å²) in [6.07, 6.45) is 1.59. The van der Waals surface area contributed by atoms with E-state index in [2.05, 4.69) is 15.3 Å². The fraction of sp³-hybridized carbons (Fsp3) is 0. The number of pyridine rings is 1. The second-order valence-corrected chi connectivity index (χ2v) is 6.73. The molecule has 2 heterocycles. The van der Waals surface area contributed by atoms with Crippen LogP contribution in [-0.2, 0) is 0 Å². The normalized spacial score (nSPS) is 10.8. The van der Waals surface area contributed by atoms with Crippen molar-refractivity contribution in [3.8, 4) is 11.5 Å². The number of rotatable bonds is 4. The summed E-state index contributed by atoms with van der Waals surface area (Å²) >= 11 is 12.3. The number of hydrogen-bond donors (Lipinski definition) is 1. The predicted molar refractivity (Wildman–Crippen MR) is 108 cm³/mol. The summed E-state index contributed by atoms with van der Waals surface area (Å²) in [6.45, 7) is 0. The molecule has 2 aromatic carbocycles. The van der Waals surface area contributed by atoms with Crippen LogP contribution in [-0.4, -0.2) is 20.8 Å². The number of nitro groups is 1. The number of amides is 1. The van der Waals surface area contributed by atoms with Crippen molar-refractivity contribution in [2.24, 2.45) is 0 Å². The average Bonchev–Trinajstić information content (AvgIpc) is 3.13. The Morgan fingerprint density at radius 1 is 1.10 bits per heavy atom. The van der Waals surface area contributed by atoms with Crippen LogP contribution in [0.1, 0.15) is 10.4 Å². The maximum atomic E-state index is 12.6. The van der Waals surface area contributed by atoms with E-state index in [1.807, 2.05) is 0 Å². The number of nitro benzene ring substituents is 1. The first kappa shape index (κ1) is 18.9. The van der Waals surface area contributed by atoms with Gasteiger partial charge < -0.3 is 9.73 Å². The van der Waals surface area contributed by atoms with E-state index in [1.165, 1.54) is 12.1 Å². The summed E-state index contributed by atoms with van der Waals surface area (Å²) in [7, 11) is 0. The number of hydrogen-bond acceptors (Lipinski definition) is 6. The van der Waals surface area contributed by atoms with E-state index in [-0.39, 0.29) is 22.2 Å². The zero-order valence-electron chi connectivity index (χ0n) is 14.4. The van der Waals surface area contributed by atoms with Crippen LogP contribution in [0.4, 0.5) is 11.4 Å². The van der Waals surface area contributed by atoms with Gasteiger partial charge in [-0.1, -0.05) is 23.2 Å². The van der Waals surface area contributed by atoms with Gasteiger partial charge in [0.1, 0.15) is 0 Å². The summed E-state index contributed by atoms with van der Waals surface area (Å²) in [5, 5.41) is 14.1. The highest BCUT2D eigenvalue weighted by molar-refractivity contribution is 6.35. The number of carbonyl (C=O) groups excluding carboxylic acids is 1. The lowest BCUT2D eigenvalue weighted by molar-refractivity contribution is -0.384. The minimum Gasteiger partial charge on any atom is -0.434 e. The maximum Gasteiger partial charge on any atom is 0.270 e. The van der Waals surface area contributed by atoms with Crippen LogP contribution >= 0.6 is 23.2 Å². The molecule has 0 unspecified atom stereocenters. The van der Waals surface area contributed by atoms with Crippen molar-refractivity contribution in [3.05, 3.63) is 80.5 Å². The number of benzene rings is 2. The molecule has 0 aliphatic heterocycles. The highest BCUT2D eigenvalue weighted by atomic mass is 35.5. The lowest BCUT2D eigenvalue weighted by Crippen LogP contribution is -2.13. The monoisotopic (exact) mass is 428 g/mol. The number of oxazole rings is 1. The van der Waals surface area contributed by atoms with Gasteiger partial charge in [-0.25, -0.2) is 4.98 Å². The Bertz CT molecular complexity index is 1240. The average molecular weight is 429 g/mol. The Hall–Kier alpha value is -3.49. The SMILES string of the molecule is O=C(Nc1ccc(Cl)c(-c2nc3ncccc3o2)c1)c1cc([N+](=O)[O-])ccc1Cl. The Kier molecular flexibility index (Phi) is 4.87. The molecule has 0 spiro atoms. The third-order valence-corrected chi connectivity index (χ3v) is 4.68. The van der Waals surface area contributed by atoms with E-state index in [9.17, 15) is 14.9 Å². The van der Waals surface area contributed by atoms with Crippen molar-refractivity contribution in [2.45, 2.75) is 0 Å². The zero-order chi connectivity index (χ0) is 20.5. The minimum atomic E-state index is -0.605. The fourth-order valence-electron chi connectivity index (χ4n) is 2.65. The summed E-state index contributed by atoms with van der Waals surface area (Å²) < 4.78 is 5.67. The second kappa shape index (κ2) is 7.50. The van der Waals surface area contributed by atoms with Crippen molar-refractivity contribution in [3.63, 3.8) is 0 Å². The number of fused-ring (bicyclic) bond motifs is 1. The molecule has 1 N–H and O–H groups in total. The largest absolute Gasteiger partial charge is 0.434 e. The van der Waals surface area contributed by atoms with E-state index in [1.54, 1.807) is 36.5 Å². The molecule has 0 radical (unpaired) electrons. The predicted octanol–water partition coefficient (Wildman–Crippen LogP) is 5.36. The van der Waals surface area contributed by atoms with Gasteiger partial charge >= 0.3 is 0 Å². The lowest BCUT2D eigenvalue weighted by Gasteiger charge is -2.09. The topological polar surface area (TPSA) is 111 Å². The summed E-state index contributed by atoms with van der Waals surface area (Å²) in [5.41, 5.74) is 1.49. The first-order valence-corrected chi connectivity index (χ1v) is 8.95. The first-order chi connectivity index (χ1) is 13.9. The molecule has 0 saturated heterocycles. The van der Waals surface area contributed by atoms with E-state index < -0.39 is 10.8 Å². The standard InChI is InChI=1S/C19H10Cl2N4O4/c20-14-6-4-11(25(27)28)9-12(14)18(26)23-10-3-5-15(21)13(8-10)19-24-17-16(29-19)2-1-7-22-17/h1-9H,(H,23,26). The third kappa shape index (κ3) is 3.75. The van der Waals surface area contributed by atoms with Crippen LogP contribution in [0, 0.1) is 10.1 Å². The Morgan fingerprint density at radius 3 is 2.66 bits per heavy atom. The molecule has 0 aliphatic carbocycles. The van der Waals surface area contributed by atoms with Crippen molar-refractivity contribution < 1.29 is 14.1 Å². The highest BCUT2D eigenvalue weighted by Crippen LogP contribution is 2.32. The van der Waals surface area contributed by atoms with Gasteiger partial charge in [0.05, 0.1) is 26.1 Å². The molecule has 4 aromatic rings. The van der Waals surface area contributed by atoms with Crippen LogP contribution in [0.15, 0.2) is 59.1 Å². The van der Waals surface area contributed by atoms with Crippen molar-refractivity contribution in [2.75, 3.05) is 5.32 Å². The van der Waals surface area contributed by atoms with Gasteiger partial charge in [-0.3, -0.25) is 14.9 Å². The van der Waals surface area contributed by atoms with Crippen LogP contribution in [0.3, 0.4) is 0 Å². The summed E-state index contributed by atoms with van der Waals surface area (Å²) in [4.78, 5) is 31.3. The molecule has 0 fully saturated rings. The number of carbonyl (C=O) groups is 1. The fourth-order valence-corrected chi connectivity index (χ4v) is 3.05. The highest BCUT2D eigenvalue weighted by Gasteiger charge is 2.18. The van der Waals surface area contributed by atoms with Crippen molar-refractivity contribution in [1.82, 2.24) is 9.97 Å². The quantitative estimate of drug-likeness (QED) is 0.346. The second-order valence-electron chi connectivity index (χ2n) is 5.91. The molecule has 10 heteroatoms. The van der Waals surface area contributed by atoms with Crippen LogP contribution in [0.2, 0.25) is 10.0 Å². The summed E-state index contributed by atoms with van der Waals surface area (Å²) in [6, 6.07) is 11.8. The van der Waals surface area contributed by atoms with Gasteiger partial charge in [-0.15, -0.1) is 0 Å². The summed E-state index contributed by atoms with van der Waals surface area (Å²) in [5.74, 6) is -0.362. The number of halogens is 2. The molecule has 4 rings (SSSR count). The number of nitrogens with zero attached hydrogens (tertiary/aromatic N) is 3. The molecule has 0 atom stereocenters. The van der Waals surface area contributed by atoms with Crippen LogP contribution < -0.4 is 5.32 Å². The van der Waals surface area contributed by atoms with Gasteiger partial charge in [0.25, 0.3) is 11.6 Å². The van der Waals surface area contributed by atoms with Crippen molar-refractivity contribution in [1.29, 1.82) is 0 Å². The van der Waals surface area contributed by atoms with Gasteiger partial charge in [-0.2, -0.15) is 4.98 Å². The number of anilines is 1. The van der Waals surface area contributed by atoms with E-state index >= 15 is 0 Å². The molecule has 1 amide bonds. The van der Waals surface area contributed by atoms with Crippen LogP contribution in [0.5, 0.6) is 0 Å². The molecule has 0 bridgehead atoms. The van der Waals surface area contributed by atoms with Crippen molar-refractivity contribution >= 4 is 51.7 Å². The molecule has 2 aromatic heterocycles. The number of non-ortho nitro benzene ring substituents is 1. The third-order valence-electron chi connectivity index (χ3n) is 4.02.